The summed E-state index contributed by atoms with van der Waals surface area (Å²) in [5, 5.41) is 6.74. The fraction of sp³-hybridized carbons (Fsp3) is 0.231. The number of benzene rings is 1. The molecule has 0 aliphatic rings. The Kier molecular flexibility index (Phi) is 3.62. The zero-order valence-corrected chi connectivity index (χ0v) is 10.2. The van der Waals surface area contributed by atoms with Crippen LogP contribution in [0.25, 0.3) is 10.9 Å². The van der Waals surface area contributed by atoms with Crippen LogP contribution in [0.1, 0.15) is 6.92 Å². The molecule has 2 rings (SSSR count). The van der Waals surface area contributed by atoms with Crippen LogP contribution in [0.5, 0.6) is 0 Å². The SMILES string of the molecule is CCNC(=O)CNc1ccnc2c(N)cccc12. The summed E-state index contributed by atoms with van der Waals surface area (Å²) in [5.74, 6) is -0.0358. The lowest BCUT2D eigenvalue weighted by Crippen LogP contribution is -2.29. The van der Waals surface area contributed by atoms with Crippen LogP contribution >= 0.6 is 0 Å². The second-order valence-electron chi connectivity index (χ2n) is 3.91. The lowest BCUT2D eigenvalue weighted by atomic mass is 10.1. The molecular formula is C13H16N4O. The molecule has 0 saturated carbocycles. The van der Waals surface area contributed by atoms with Gasteiger partial charge in [-0.25, -0.2) is 0 Å². The van der Waals surface area contributed by atoms with Crippen molar-refractivity contribution < 1.29 is 4.79 Å². The number of carbonyl (C=O) groups excluding carboxylic acids is 1. The first-order valence-electron chi connectivity index (χ1n) is 5.86. The number of hydrogen-bond donors (Lipinski definition) is 3. The van der Waals surface area contributed by atoms with Gasteiger partial charge in [0.05, 0.1) is 17.7 Å². The Labute approximate surface area is 105 Å². The number of amides is 1. The first kappa shape index (κ1) is 12.2. The molecule has 0 spiro atoms. The minimum atomic E-state index is -0.0358. The van der Waals surface area contributed by atoms with Gasteiger partial charge >= 0.3 is 0 Å². The van der Waals surface area contributed by atoms with Crippen molar-refractivity contribution in [1.29, 1.82) is 0 Å². The number of nitrogens with two attached hydrogens (primary N) is 1. The topological polar surface area (TPSA) is 80.0 Å². The van der Waals surface area contributed by atoms with Crippen LogP contribution < -0.4 is 16.4 Å². The fourth-order valence-electron chi connectivity index (χ4n) is 1.79. The second-order valence-corrected chi connectivity index (χ2v) is 3.91. The molecular weight excluding hydrogens is 228 g/mol. The second kappa shape index (κ2) is 5.35. The molecule has 5 heteroatoms. The molecule has 0 aliphatic heterocycles. The number of anilines is 2. The van der Waals surface area contributed by atoms with Crippen LogP contribution in [0.2, 0.25) is 0 Å². The number of carbonyl (C=O) groups is 1. The third-order valence-electron chi connectivity index (χ3n) is 2.62. The quantitative estimate of drug-likeness (QED) is 0.709. The van der Waals surface area contributed by atoms with Crippen molar-refractivity contribution in [1.82, 2.24) is 10.3 Å². The minimum Gasteiger partial charge on any atom is -0.397 e. The average molecular weight is 244 g/mol. The van der Waals surface area contributed by atoms with Crippen molar-refractivity contribution in [3.8, 4) is 0 Å². The van der Waals surface area contributed by atoms with E-state index in [9.17, 15) is 4.79 Å². The van der Waals surface area contributed by atoms with E-state index >= 15 is 0 Å². The standard InChI is InChI=1S/C13H16N4O/c1-2-15-12(18)8-17-11-6-7-16-13-9(11)4-3-5-10(13)14/h3-7H,2,8,14H2,1H3,(H,15,18)(H,16,17). The molecule has 0 saturated heterocycles. The van der Waals surface area contributed by atoms with Crippen LogP contribution in [-0.2, 0) is 4.79 Å². The lowest BCUT2D eigenvalue weighted by Gasteiger charge is -2.10. The normalized spacial score (nSPS) is 10.3. The maximum Gasteiger partial charge on any atom is 0.239 e. The van der Waals surface area contributed by atoms with E-state index in [4.69, 9.17) is 5.73 Å². The van der Waals surface area contributed by atoms with Crippen molar-refractivity contribution in [2.75, 3.05) is 24.1 Å². The predicted octanol–water partition coefficient (Wildman–Crippen LogP) is 1.36. The highest BCUT2D eigenvalue weighted by Crippen LogP contribution is 2.25. The summed E-state index contributed by atoms with van der Waals surface area (Å²) in [7, 11) is 0. The first-order valence-corrected chi connectivity index (χ1v) is 5.86. The summed E-state index contributed by atoms with van der Waals surface area (Å²) in [6, 6.07) is 7.44. The zero-order chi connectivity index (χ0) is 13.0. The van der Waals surface area contributed by atoms with Gasteiger partial charge in [0.2, 0.25) is 5.91 Å². The van der Waals surface area contributed by atoms with E-state index in [0.717, 1.165) is 16.6 Å². The predicted molar refractivity (Wildman–Crippen MR) is 73.3 cm³/mol. The Morgan fingerprint density at radius 1 is 1.39 bits per heavy atom. The first-order chi connectivity index (χ1) is 8.72. The van der Waals surface area contributed by atoms with Crippen LogP contribution in [0.3, 0.4) is 0 Å². The molecule has 0 unspecified atom stereocenters. The van der Waals surface area contributed by atoms with Crippen LogP contribution in [0, 0.1) is 0 Å². The van der Waals surface area contributed by atoms with E-state index in [1.165, 1.54) is 0 Å². The van der Waals surface area contributed by atoms with E-state index < -0.39 is 0 Å². The highest BCUT2D eigenvalue weighted by atomic mass is 16.1. The molecule has 94 valence electrons. The van der Waals surface area contributed by atoms with Gasteiger partial charge in [0.1, 0.15) is 0 Å². The molecule has 0 aliphatic carbocycles. The molecule has 18 heavy (non-hydrogen) atoms. The van der Waals surface area contributed by atoms with E-state index in [1.807, 2.05) is 31.2 Å². The maximum atomic E-state index is 11.4. The number of hydrogen-bond acceptors (Lipinski definition) is 4. The van der Waals surface area contributed by atoms with Crippen molar-refractivity contribution >= 4 is 28.2 Å². The van der Waals surface area contributed by atoms with Crippen molar-refractivity contribution in [3.05, 3.63) is 30.5 Å². The number of nitrogens with one attached hydrogen (secondary N) is 2. The van der Waals surface area contributed by atoms with E-state index in [0.29, 0.717) is 12.2 Å². The third kappa shape index (κ3) is 2.51. The Morgan fingerprint density at radius 2 is 2.22 bits per heavy atom. The van der Waals surface area contributed by atoms with Crippen molar-refractivity contribution in [2.24, 2.45) is 0 Å². The Morgan fingerprint density at radius 3 is 3.00 bits per heavy atom. The van der Waals surface area contributed by atoms with Gasteiger partial charge in [0, 0.05) is 23.8 Å². The number of para-hydroxylation sites is 1. The van der Waals surface area contributed by atoms with Gasteiger partial charge in [0.25, 0.3) is 0 Å². The Bertz CT molecular complexity index is 568. The van der Waals surface area contributed by atoms with Crippen LogP contribution in [0.15, 0.2) is 30.5 Å². The number of rotatable bonds is 4. The summed E-state index contributed by atoms with van der Waals surface area (Å²) < 4.78 is 0. The summed E-state index contributed by atoms with van der Waals surface area (Å²) in [4.78, 5) is 15.6. The molecule has 1 amide bonds. The molecule has 4 N–H and O–H groups in total. The maximum absolute atomic E-state index is 11.4. The largest absolute Gasteiger partial charge is 0.397 e. The molecule has 1 aromatic heterocycles. The van der Waals surface area contributed by atoms with Gasteiger partial charge in [-0.2, -0.15) is 0 Å². The zero-order valence-electron chi connectivity index (χ0n) is 10.2. The minimum absolute atomic E-state index is 0.0358. The molecule has 1 aromatic carbocycles. The number of aromatic nitrogens is 1. The monoisotopic (exact) mass is 244 g/mol. The number of pyridine rings is 1. The fourth-order valence-corrected chi connectivity index (χ4v) is 1.79. The number of likely N-dealkylation sites (N-methyl/N-ethyl adjacent to an activating group) is 1. The van der Waals surface area contributed by atoms with Gasteiger partial charge in [0.15, 0.2) is 0 Å². The third-order valence-corrected chi connectivity index (χ3v) is 2.62. The van der Waals surface area contributed by atoms with Crippen molar-refractivity contribution in [2.45, 2.75) is 6.92 Å². The van der Waals surface area contributed by atoms with E-state index in [1.54, 1.807) is 6.20 Å². The smallest absolute Gasteiger partial charge is 0.239 e. The molecule has 2 aromatic rings. The van der Waals surface area contributed by atoms with Gasteiger partial charge < -0.3 is 16.4 Å². The summed E-state index contributed by atoms with van der Waals surface area (Å²) in [6.45, 7) is 2.76. The van der Waals surface area contributed by atoms with Gasteiger partial charge in [-0.05, 0) is 19.1 Å². The number of nitrogens with zero attached hydrogens (tertiary/aromatic N) is 1. The lowest BCUT2D eigenvalue weighted by molar-refractivity contribution is -0.119. The molecule has 5 nitrogen and oxygen atoms in total. The van der Waals surface area contributed by atoms with Gasteiger partial charge in [-0.3, -0.25) is 9.78 Å². The molecule has 0 radical (unpaired) electrons. The Balaban J connectivity index is 2.23. The summed E-state index contributed by atoms with van der Waals surface area (Å²) >= 11 is 0. The highest BCUT2D eigenvalue weighted by Gasteiger charge is 2.05. The van der Waals surface area contributed by atoms with Gasteiger partial charge in [-0.1, -0.05) is 12.1 Å². The van der Waals surface area contributed by atoms with Crippen LogP contribution in [0.4, 0.5) is 11.4 Å². The Hall–Kier alpha value is -2.30. The molecule has 0 bridgehead atoms. The number of fused-ring (bicyclic) bond motifs is 1. The van der Waals surface area contributed by atoms with E-state index in [-0.39, 0.29) is 12.5 Å². The number of nitrogen functional groups attached to an aromatic ring is 1. The summed E-state index contributed by atoms with van der Waals surface area (Å²) in [5.41, 5.74) is 8.10. The highest BCUT2D eigenvalue weighted by molar-refractivity contribution is 5.98. The van der Waals surface area contributed by atoms with E-state index in [2.05, 4.69) is 15.6 Å². The van der Waals surface area contributed by atoms with Crippen LogP contribution in [-0.4, -0.2) is 24.0 Å². The molecule has 1 heterocycles. The van der Waals surface area contributed by atoms with Gasteiger partial charge in [-0.15, -0.1) is 0 Å². The molecule has 0 fully saturated rings. The summed E-state index contributed by atoms with van der Waals surface area (Å²) in [6.07, 6.45) is 1.68. The van der Waals surface area contributed by atoms with Crippen molar-refractivity contribution in [3.63, 3.8) is 0 Å². The molecule has 0 atom stereocenters. The average Bonchev–Trinajstić information content (AvgIpc) is 2.37.